The van der Waals surface area contributed by atoms with Gasteiger partial charge in [0.2, 0.25) is 0 Å². The zero-order valence-corrected chi connectivity index (χ0v) is 11.5. The Kier molecular flexibility index (Phi) is 2.84. The first kappa shape index (κ1) is 11.7. The summed E-state index contributed by atoms with van der Waals surface area (Å²) in [5, 5.41) is 0. The fraction of sp³-hybridized carbons (Fsp3) is 0.214. The molecule has 0 aliphatic carbocycles. The maximum atomic E-state index is 11.5. The summed E-state index contributed by atoms with van der Waals surface area (Å²) in [5.74, 6) is 0. The van der Waals surface area contributed by atoms with E-state index in [9.17, 15) is 4.79 Å². The first-order valence-electron chi connectivity index (χ1n) is 5.71. The van der Waals surface area contributed by atoms with Crippen LogP contribution in [0.3, 0.4) is 0 Å². The molecule has 0 atom stereocenters. The van der Waals surface area contributed by atoms with Crippen LogP contribution in [0.5, 0.6) is 0 Å². The number of ether oxygens (including phenoxy) is 1. The van der Waals surface area contributed by atoms with E-state index in [1.165, 1.54) is 11.1 Å². The highest BCUT2D eigenvalue weighted by Gasteiger charge is 2.13. The largest absolute Gasteiger partial charge is 0.372 e. The number of pyridine rings is 1. The van der Waals surface area contributed by atoms with Crippen molar-refractivity contribution in [3.63, 3.8) is 0 Å². The highest BCUT2D eigenvalue weighted by atomic mass is 79.9. The van der Waals surface area contributed by atoms with Gasteiger partial charge in [0.25, 0.3) is 5.56 Å². The van der Waals surface area contributed by atoms with Crippen molar-refractivity contribution in [2.45, 2.75) is 13.2 Å². The van der Waals surface area contributed by atoms with Gasteiger partial charge in [-0.2, -0.15) is 0 Å². The molecule has 2 aromatic rings. The average molecular weight is 306 g/mol. The van der Waals surface area contributed by atoms with Crippen LogP contribution in [0, 0.1) is 0 Å². The molecule has 0 N–H and O–H groups in total. The SMILES string of the molecule is Cn1cc(-c2ccc3c(c2)COC3)c(Br)cc1=O. The molecule has 3 nitrogen and oxygen atoms in total. The van der Waals surface area contributed by atoms with Gasteiger partial charge in [-0.15, -0.1) is 0 Å². The Hall–Kier alpha value is -1.39. The molecule has 1 aliphatic rings. The maximum absolute atomic E-state index is 11.5. The topological polar surface area (TPSA) is 31.2 Å². The Morgan fingerprint density at radius 2 is 2.00 bits per heavy atom. The normalized spacial score (nSPS) is 13.7. The predicted octanol–water partition coefficient (Wildman–Crippen LogP) is 2.85. The van der Waals surface area contributed by atoms with Gasteiger partial charge in [0, 0.05) is 29.3 Å². The third kappa shape index (κ3) is 1.91. The van der Waals surface area contributed by atoms with Crippen molar-refractivity contribution in [1.82, 2.24) is 4.57 Å². The molecule has 18 heavy (non-hydrogen) atoms. The van der Waals surface area contributed by atoms with E-state index in [2.05, 4.69) is 34.1 Å². The predicted molar refractivity (Wildman–Crippen MR) is 73.3 cm³/mol. The summed E-state index contributed by atoms with van der Waals surface area (Å²) in [5.41, 5.74) is 4.58. The summed E-state index contributed by atoms with van der Waals surface area (Å²) in [4.78, 5) is 11.5. The Morgan fingerprint density at radius 1 is 1.22 bits per heavy atom. The van der Waals surface area contributed by atoms with Crippen molar-refractivity contribution in [3.05, 3.63) is 56.4 Å². The van der Waals surface area contributed by atoms with Gasteiger partial charge < -0.3 is 9.30 Å². The van der Waals surface area contributed by atoms with E-state index in [0.717, 1.165) is 15.6 Å². The van der Waals surface area contributed by atoms with Crippen molar-refractivity contribution < 1.29 is 4.74 Å². The van der Waals surface area contributed by atoms with E-state index in [0.29, 0.717) is 13.2 Å². The molecular formula is C14H12BrNO2. The number of fused-ring (bicyclic) bond motifs is 1. The van der Waals surface area contributed by atoms with Gasteiger partial charge in [0.1, 0.15) is 0 Å². The smallest absolute Gasteiger partial charge is 0.251 e. The van der Waals surface area contributed by atoms with Gasteiger partial charge in [0.15, 0.2) is 0 Å². The molecule has 1 aromatic carbocycles. The van der Waals surface area contributed by atoms with Gasteiger partial charge in [0.05, 0.1) is 13.2 Å². The number of hydrogen-bond donors (Lipinski definition) is 0. The monoisotopic (exact) mass is 305 g/mol. The Bertz CT molecular complexity index is 676. The molecule has 0 amide bonds. The molecule has 0 bridgehead atoms. The van der Waals surface area contributed by atoms with E-state index >= 15 is 0 Å². The molecule has 3 rings (SSSR count). The number of aromatic nitrogens is 1. The van der Waals surface area contributed by atoms with Crippen LogP contribution in [-0.4, -0.2) is 4.57 Å². The molecule has 0 fully saturated rings. The molecule has 0 saturated heterocycles. The molecule has 0 spiro atoms. The number of rotatable bonds is 1. The van der Waals surface area contributed by atoms with E-state index in [1.54, 1.807) is 17.7 Å². The van der Waals surface area contributed by atoms with Gasteiger partial charge >= 0.3 is 0 Å². The lowest BCUT2D eigenvalue weighted by Gasteiger charge is -2.08. The fourth-order valence-electron chi connectivity index (χ4n) is 2.16. The minimum atomic E-state index is -0.0184. The van der Waals surface area contributed by atoms with Gasteiger partial charge in [-0.05, 0) is 38.7 Å². The van der Waals surface area contributed by atoms with Crippen molar-refractivity contribution >= 4 is 15.9 Å². The summed E-state index contributed by atoms with van der Waals surface area (Å²) in [7, 11) is 1.76. The van der Waals surface area contributed by atoms with Crippen molar-refractivity contribution in [2.75, 3.05) is 0 Å². The molecule has 92 valence electrons. The van der Waals surface area contributed by atoms with Crippen LogP contribution in [0.2, 0.25) is 0 Å². The van der Waals surface area contributed by atoms with Crippen molar-refractivity contribution in [1.29, 1.82) is 0 Å². The molecule has 2 heterocycles. The quantitative estimate of drug-likeness (QED) is 0.811. The van der Waals surface area contributed by atoms with Crippen LogP contribution in [0.1, 0.15) is 11.1 Å². The highest BCUT2D eigenvalue weighted by molar-refractivity contribution is 9.10. The standard InChI is InChI=1S/C14H12BrNO2/c1-16-6-12(13(15)5-14(16)17)9-2-3-10-7-18-8-11(10)4-9/h2-6H,7-8H2,1H3. The molecule has 1 aromatic heterocycles. The molecule has 4 heteroatoms. The van der Waals surface area contributed by atoms with Crippen LogP contribution in [0.4, 0.5) is 0 Å². The maximum Gasteiger partial charge on any atom is 0.251 e. The van der Waals surface area contributed by atoms with Crippen LogP contribution in [0.15, 0.2) is 39.7 Å². The second kappa shape index (κ2) is 4.37. The highest BCUT2D eigenvalue weighted by Crippen LogP contribution is 2.30. The average Bonchev–Trinajstić information content (AvgIpc) is 2.80. The zero-order chi connectivity index (χ0) is 12.7. The lowest BCUT2D eigenvalue weighted by molar-refractivity contribution is 0.134. The van der Waals surface area contributed by atoms with Crippen LogP contribution >= 0.6 is 15.9 Å². The van der Waals surface area contributed by atoms with Gasteiger partial charge in [-0.25, -0.2) is 0 Å². The molecular weight excluding hydrogens is 294 g/mol. The van der Waals surface area contributed by atoms with Crippen molar-refractivity contribution in [3.8, 4) is 11.1 Å². The zero-order valence-electron chi connectivity index (χ0n) is 9.94. The Morgan fingerprint density at radius 3 is 2.83 bits per heavy atom. The fourth-order valence-corrected chi connectivity index (χ4v) is 2.69. The number of aryl methyl sites for hydroxylation is 1. The lowest BCUT2D eigenvalue weighted by atomic mass is 10.0. The number of benzene rings is 1. The van der Waals surface area contributed by atoms with Gasteiger partial charge in [-0.1, -0.05) is 12.1 Å². The minimum absolute atomic E-state index is 0.0184. The summed E-state index contributed by atoms with van der Waals surface area (Å²) in [6.07, 6.45) is 1.85. The summed E-state index contributed by atoms with van der Waals surface area (Å²) in [6, 6.07) is 7.89. The van der Waals surface area contributed by atoms with E-state index in [1.807, 2.05) is 6.20 Å². The molecule has 1 aliphatic heterocycles. The van der Waals surface area contributed by atoms with Crippen LogP contribution in [-0.2, 0) is 25.0 Å². The number of nitrogens with zero attached hydrogens (tertiary/aromatic N) is 1. The van der Waals surface area contributed by atoms with E-state index in [-0.39, 0.29) is 5.56 Å². The first-order valence-corrected chi connectivity index (χ1v) is 6.50. The third-order valence-corrected chi connectivity index (χ3v) is 3.87. The third-order valence-electron chi connectivity index (χ3n) is 3.21. The Balaban J connectivity index is 2.15. The lowest BCUT2D eigenvalue weighted by Crippen LogP contribution is -2.14. The molecule has 0 unspecified atom stereocenters. The molecule has 0 radical (unpaired) electrons. The minimum Gasteiger partial charge on any atom is -0.372 e. The van der Waals surface area contributed by atoms with Crippen molar-refractivity contribution in [2.24, 2.45) is 7.05 Å². The second-order valence-corrected chi connectivity index (χ2v) is 5.31. The summed E-state index contributed by atoms with van der Waals surface area (Å²) in [6.45, 7) is 1.37. The number of halogens is 1. The van der Waals surface area contributed by atoms with E-state index in [4.69, 9.17) is 4.74 Å². The van der Waals surface area contributed by atoms with Gasteiger partial charge in [-0.3, -0.25) is 4.79 Å². The second-order valence-electron chi connectivity index (χ2n) is 4.46. The Labute approximate surface area is 113 Å². The molecule has 0 saturated carbocycles. The number of hydrogen-bond acceptors (Lipinski definition) is 2. The first-order chi connectivity index (χ1) is 8.65. The summed E-state index contributed by atoms with van der Waals surface area (Å²) < 4.78 is 7.82. The van der Waals surface area contributed by atoms with Crippen LogP contribution < -0.4 is 5.56 Å². The van der Waals surface area contributed by atoms with Crippen LogP contribution in [0.25, 0.3) is 11.1 Å². The van der Waals surface area contributed by atoms with E-state index < -0.39 is 0 Å². The summed E-state index contributed by atoms with van der Waals surface area (Å²) >= 11 is 3.45.